The molecule has 3 aromatic rings. The van der Waals surface area contributed by atoms with E-state index in [1.54, 1.807) is 19.3 Å². The molecule has 148 valence electrons. The van der Waals surface area contributed by atoms with Crippen molar-refractivity contribution in [1.82, 2.24) is 24.7 Å². The molecule has 8 heteroatoms. The fourth-order valence-electron chi connectivity index (χ4n) is 4.51. The third-order valence-corrected chi connectivity index (χ3v) is 6.41. The molecule has 2 aliphatic carbocycles. The molecule has 3 aromatic heterocycles. The molecule has 1 N–H and O–H groups in total. The van der Waals surface area contributed by atoms with E-state index in [1.165, 1.54) is 0 Å². The lowest BCUT2D eigenvalue weighted by Gasteiger charge is -2.33. The maximum absolute atomic E-state index is 14.2. The van der Waals surface area contributed by atoms with Gasteiger partial charge in [-0.25, -0.2) is 19.0 Å². The fraction of sp³-hybridized carbons (Fsp3) is 0.600. The van der Waals surface area contributed by atoms with E-state index in [9.17, 15) is 9.18 Å². The Bertz CT molecular complexity index is 1070. The van der Waals surface area contributed by atoms with E-state index >= 15 is 0 Å². The van der Waals surface area contributed by atoms with E-state index in [1.807, 2.05) is 11.6 Å². The molecule has 0 spiro atoms. The minimum absolute atomic E-state index is 0.0788. The van der Waals surface area contributed by atoms with Gasteiger partial charge in [-0.1, -0.05) is 0 Å². The lowest BCUT2D eigenvalue weighted by molar-refractivity contribution is 0.103. The van der Waals surface area contributed by atoms with Crippen molar-refractivity contribution in [3.05, 3.63) is 40.2 Å². The highest BCUT2D eigenvalue weighted by Gasteiger charge is 2.39. The molecule has 0 amide bonds. The molecule has 3 heterocycles. The van der Waals surface area contributed by atoms with Gasteiger partial charge in [0, 0.05) is 11.8 Å². The van der Waals surface area contributed by atoms with Gasteiger partial charge in [-0.15, -0.1) is 0 Å². The lowest BCUT2D eigenvalue weighted by Crippen LogP contribution is -2.29. The van der Waals surface area contributed by atoms with Gasteiger partial charge in [-0.05, 0) is 52.4 Å². The predicted octanol–water partition coefficient (Wildman–Crippen LogP) is 3.92. The highest BCUT2D eigenvalue weighted by Crippen LogP contribution is 2.47. The Morgan fingerprint density at radius 2 is 1.96 bits per heavy atom. The molecular formula is C20H24FN5O2. The van der Waals surface area contributed by atoms with E-state index in [4.69, 9.17) is 9.40 Å². The van der Waals surface area contributed by atoms with Crippen LogP contribution in [0.15, 0.2) is 21.6 Å². The molecule has 2 atom stereocenters. The van der Waals surface area contributed by atoms with Crippen molar-refractivity contribution >= 4 is 11.0 Å². The Hall–Kier alpha value is -2.51. The van der Waals surface area contributed by atoms with Crippen LogP contribution in [0.5, 0.6) is 0 Å². The van der Waals surface area contributed by atoms with Gasteiger partial charge < -0.3 is 9.40 Å². The van der Waals surface area contributed by atoms with Crippen molar-refractivity contribution < 1.29 is 8.81 Å². The van der Waals surface area contributed by atoms with Crippen LogP contribution >= 0.6 is 0 Å². The first-order valence-corrected chi connectivity index (χ1v) is 10.00. The number of aryl methyl sites for hydroxylation is 1. The molecule has 0 aliphatic heterocycles. The summed E-state index contributed by atoms with van der Waals surface area (Å²) < 4.78 is 21.7. The first kappa shape index (κ1) is 17.6. The van der Waals surface area contributed by atoms with Gasteiger partial charge in [0.25, 0.3) is 5.56 Å². The summed E-state index contributed by atoms with van der Waals surface area (Å²) in [7, 11) is 0. The van der Waals surface area contributed by atoms with E-state index < -0.39 is 5.67 Å². The standard InChI is InChI=1S/C20H24FN5O2/c1-11-9-22-19(28-11)14-4-3-13(14)16-24-17-15(18(27)25-16)10-23-26(17)12-5-7-20(2,21)8-6-12/h9-10,12-14H,3-8H2,1-2H3,(H,24,25,27)/t12?,13-,14+,20?/m0/s1. The van der Waals surface area contributed by atoms with E-state index in [2.05, 4.69) is 15.1 Å². The summed E-state index contributed by atoms with van der Waals surface area (Å²) in [6.45, 7) is 3.54. The Labute approximate surface area is 161 Å². The van der Waals surface area contributed by atoms with E-state index in [0.29, 0.717) is 48.4 Å². The van der Waals surface area contributed by atoms with E-state index in [-0.39, 0.29) is 23.4 Å². The van der Waals surface area contributed by atoms with Gasteiger partial charge in [0.15, 0.2) is 11.5 Å². The van der Waals surface area contributed by atoms with Crippen molar-refractivity contribution in [3.63, 3.8) is 0 Å². The van der Waals surface area contributed by atoms with Crippen molar-refractivity contribution in [2.45, 2.75) is 75.9 Å². The summed E-state index contributed by atoms with van der Waals surface area (Å²) in [6.07, 6.45) is 7.60. The molecule has 2 aliphatic rings. The molecule has 0 bridgehead atoms. The van der Waals surface area contributed by atoms with Crippen LogP contribution in [0.3, 0.4) is 0 Å². The summed E-state index contributed by atoms with van der Waals surface area (Å²) in [5.41, 5.74) is -0.685. The molecule has 0 saturated heterocycles. The van der Waals surface area contributed by atoms with E-state index in [0.717, 1.165) is 18.6 Å². The van der Waals surface area contributed by atoms with Crippen LogP contribution < -0.4 is 5.56 Å². The average molecular weight is 385 g/mol. The zero-order valence-electron chi connectivity index (χ0n) is 16.1. The van der Waals surface area contributed by atoms with Crippen LogP contribution in [-0.2, 0) is 0 Å². The zero-order chi connectivity index (χ0) is 19.5. The number of hydrogen-bond acceptors (Lipinski definition) is 5. The molecule has 0 unspecified atom stereocenters. The number of alkyl halides is 1. The summed E-state index contributed by atoms with van der Waals surface area (Å²) >= 11 is 0. The van der Waals surface area contributed by atoms with Gasteiger partial charge in [-0.3, -0.25) is 4.79 Å². The minimum atomic E-state index is -1.11. The van der Waals surface area contributed by atoms with Crippen molar-refractivity contribution in [2.75, 3.05) is 0 Å². The zero-order valence-corrected chi connectivity index (χ0v) is 16.1. The second-order valence-corrected chi connectivity index (χ2v) is 8.52. The third kappa shape index (κ3) is 2.86. The molecule has 7 nitrogen and oxygen atoms in total. The van der Waals surface area contributed by atoms with Crippen LogP contribution in [0.25, 0.3) is 11.0 Å². The van der Waals surface area contributed by atoms with Gasteiger partial charge >= 0.3 is 0 Å². The highest BCUT2D eigenvalue weighted by molar-refractivity contribution is 5.73. The van der Waals surface area contributed by atoms with Crippen LogP contribution in [0.2, 0.25) is 0 Å². The maximum Gasteiger partial charge on any atom is 0.262 e. The average Bonchev–Trinajstić information content (AvgIpc) is 3.21. The summed E-state index contributed by atoms with van der Waals surface area (Å²) in [5.74, 6) is 2.37. The number of hydrogen-bond donors (Lipinski definition) is 1. The number of H-pyrrole nitrogens is 1. The van der Waals surface area contributed by atoms with Crippen molar-refractivity contribution in [2.24, 2.45) is 0 Å². The summed E-state index contributed by atoms with van der Waals surface area (Å²) in [4.78, 5) is 24.7. The fourth-order valence-corrected chi connectivity index (χ4v) is 4.51. The van der Waals surface area contributed by atoms with Gasteiger partial charge in [-0.2, -0.15) is 5.10 Å². The number of oxazole rings is 1. The summed E-state index contributed by atoms with van der Waals surface area (Å²) in [5, 5.41) is 4.92. The number of aromatic amines is 1. The van der Waals surface area contributed by atoms with Crippen molar-refractivity contribution in [1.29, 1.82) is 0 Å². The number of nitrogens with one attached hydrogen (secondary N) is 1. The first-order valence-electron chi connectivity index (χ1n) is 10.00. The Kier molecular flexibility index (Phi) is 3.93. The van der Waals surface area contributed by atoms with Crippen LogP contribution in [-0.4, -0.2) is 30.4 Å². The minimum Gasteiger partial charge on any atom is -0.446 e. The topological polar surface area (TPSA) is 89.6 Å². The highest BCUT2D eigenvalue weighted by atomic mass is 19.1. The largest absolute Gasteiger partial charge is 0.446 e. The normalized spacial score (nSPS) is 30.5. The molecule has 2 fully saturated rings. The third-order valence-electron chi connectivity index (χ3n) is 6.41. The number of rotatable bonds is 3. The Morgan fingerprint density at radius 3 is 2.61 bits per heavy atom. The summed E-state index contributed by atoms with van der Waals surface area (Å²) in [6, 6.07) is 0.0788. The predicted molar refractivity (Wildman–Crippen MR) is 101 cm³/mol. The maximum atomic E-state index is 14.2. The monoisotopic (exact) mass is 385 g/mol. The molecular weight excluding hydrogens is 361 g/mol. The number of fused-ring (bicyclic) bond motifs is 1. The van der Waals surface area contributed by atoms with Gasteiger partial charge in [0.1, 0.15) is 22.6 Å². The number of nitrogens with zero attached hydrogens (tertiary/aromatic N) is 4. The quantitative estimate of drug-likeness (QED) is 0.738. The van der Waals surface area contributed by atoms with Crippen molar-refractivity contribution in [3.8, 4) is 0 Å². The molecule has 0 radical (unpaired) electrons. The molecule has 28 heavy (non-hydrogen) atoms. The van der Waals surface area contributed by atoms with Crippen LogP contribution in [0.4, 0.5) is 4.39 Å². The first-order chi connectivity index (χ1) is 13.4. The molecule has 0 aromatic carbocycles. The van der Waals surface area contributed by atoms with Gasteiger partial charge in [0.2, 0.25) is 0 Å². The Morgan fingerprint density at radius 1 is 1.21 bits per heavy atom. The van der Waals surface area contributed by atoms with Gasteiger partial charge in [0.05, 0.1) is 18.4 Å². The number of aromatic nitrogens is 5. The smallest absolute Gasteiger partial charge is 0.262 e. The van der Waals surface area contributed by atoms with Crippen LogP contribution in [0, 0.1) is 6.92 Å². The SMILES string of the molecule is Cc1cnc([C@@H]2CC[C@@H]2c2nc3c(cnn3C3CCC(C)(F)CC3)c(=O)[nH]2)o1. The second-order valence-electron chi connectivity index (χ2n) is 8.52. The lowest BCUT2D eigenvalue weighted by atomic mass is 9.73. The second kappa shape index (κ2) is 6.25. The van der Waals surface area contributed by atoms with Crippen LogP contribution in [0.1, 0.15) is 80.8 Å². The molecule has 2 saturated carbocycles. The number of halogens is 1. The molecule has 5 rings (SSSR count). The Balaban J connectivity index is 1.49.